The second-order valence-electron chi connectivity index (χ2n) is 12.3. The van der Waals surface area contributed by atoms with Gasteiger partial charge in [-0.3, -0.25) is 28.9 Å². The van der Waals surface area contributed by atoms with Crippen LogP contribution in [0.3, 0.4) is 0 Å². The number of carbonyl (C=O) groups is 5. The van der Waals surface area contributed by atoms with Crippen LogP contribution in [0.4, 0.5) is 5.69 Å². The molecule has 7 heteroatoms. The molecule has 3 aliphatic carbocycles. The van der Waals surface area contributed by atoms with Crippen molar-refractivity contribution in [2.24, 2.45) is 17.8 Å². The summed E-state index contributed by atoms with van der Waals surface area (Å²) in [7, 11) is 0. The summed E-state index contributed by atoms with van der Waals surface area (Å²) >= 11 is 0. The third kappa shape index (κ3) is 4.45. The average molecular weight is 610 g/mol. The van der Waals surface area contributed by atoms with Gasteiger partial charge >= 0.3 is 0 Å². The van der Waals surface area contributed by atoms with Gasteiger partial charge in [0.05, 0.1) is 17.5 Å². The van der Waals surface area contributed by atoms with E-state index in [4.69, 9.17) is 0 Å². The zero-order valence-corrected chi connectivity index (χ0v) is 25.2. The van der Waals surface area contributed by atoms with Gasteiger partial charge < -0.3 is 5.11 Å². The number of amides is 2. The van der Waals surface area contributed by atoms with Gasteiger partial charge in [-0.15, -0.1) is 6.58 Å². The van der Waals surface area contributed by atoms with Crippen LogP contribution in [0.2, 0.25) is 0 Å². The fourth-order valence-corrected chi connectivity index (χ4v) is 7.67. The second-order valence-corrected chi connectivity index (χ2v) is 12.3. The normalized spacial score (nSPS) is 23.8. The molecular weight excluding hydrogens is 578 g/mol. The van der Waals surface area contributed by atoms with Gasteiger partial charge in [0.15, 0.2) is 17.3 Å². The molecule has 4 aliphatic rings. The summed E-state index contributed by atoms with van der Waals surface area (Å²) in [6, 6.07) is 20.7. The van der Waals surface area contributed by atoms with Crippen LogP contribution in [0, 0.1) is 17.8 Å². The van der Waals surface area contributed by atoms with Crippen molar-refractivity contribution in [2.45, 2.75) is 32.1 Å². The monoisotopic (exact) mass is 609 g/mol. The van der Waals surface area contributed by atoms with E-state index < -0.39 is 23.7 Å². The molecule has 7 nitrogen and oxygen atoms in total. The Balaban J connectivity index is 1.27. The molecule has 1 fully saturated rings. The van der Waals surface area contributed by atoms with Crippen LogP contribution in [0.15, 0.2) is 120 Å². The number of allylic oxidation sites excluding steroid dienone is 7. The lowest BCUT2D eigenvalue weighted by molar-refractivity contribution is -0.123. The van der Waals surface area contributed by atoms with E-state index in [0.717, 1.165) is 5.57 Å². The molecule has 228 valence electrons. The van der Waals surface area contributed by atoms with Gasteiger partial charge in [-0.05, 0) is 68.0 Å². The first-order chi connectivity index (χ1) is 22.2. The molecule has 0 aromatic heterocycles. The Hall–Kier alpha value is -5.43. The Kier molecular flexibility index (Phi) is 7.12. The van der Waals surface area contributed by atoms with Gasteiger partial charge in [-0.25, -0.2) is 0 Å². The van der Waals surface area contributed by atoms with Crippen molar-refractivity contribution in [2.75, 3.05) is 4.90 Å². The summed E-state index contributed by atoms with van der Waals surface area (Å²) in [5.74, 6) is -4.03. The second kappa shape index (κ2) is 11.2. The molecule has 0 spiro atoms. The van der Waals surface area contributed by atoms with Gasteiger partial charge in [0.1, 0.15) is 5.75 Å². The van der Waals surface area contributed by atoms with Crippen LogP contribution in [-0.2, 0) is 25.6 Å². The highest BCUT2D eigenvalue weighted by atomic mass is 16.3. The summed E-state index contributed by atoms with van der Waals surface area (Å²) in [5.41, 5.74) is 4.24. The number of hydrogen-bond acceptors (Lipinski definition) is 6. The lowest BCUT2D eigenvalue weighted by atomic mass is 9.59. The largest absolute Gasteiger partial charge is 0.507 e. The summed E-state index contributed by atoms with van der Waals surface area (Å²) < 4.78 is 0. The molecule has 1 heterocycles. The Morgan fingerprint density at radius 3 is 2.35 bits per heavy atom. The van der Waals surface area contributed by atoms with E-state index in [2.05, 4.69) is 6.58 Å². The number of anilines is 1. The van der Waals surface area contributed by atoms with Crippen molar-refractivity contribution >= 4 is 34.9 Å². The van der Waals surface area contributed by atoms with Gasteiger partial charge in [0.2, 0.25) is 11.8 Å². The van der Waals surface area contributed by atoms with Gasteiger partial charge in [0, 0.05) is 39.3 Å². The zero-order valence-electron chi connectivity index (χ0n) is 25.2. The zero-order chi connectivity index (χ0) is 32.3. The number of benzene rings is 3. The number of aromatic hydroxyl groups is 1. The number of nitrogens with zero attached hydrogens (tertiary/aromatic N) is 1. The molecule has 2 amide bonds. The minimum Gasteiger partial charge on any atom is -0.507 e. The maximum atomic E-state index is 14.2. The van der Waals surface area contributed by atoms with Crippen molar-refractivity contribution in [3.05, 3.63) is 142 Å². The molecule has 46 heavy (non-hydrogen) atoms. The molecule has 1 aliphatic heterocycles. The lowest BCUT2D eigenvalue weighted by Gasteiger charge is -2.42. The number of para-hydroxylation sites is 1. The Labute approximate surface area is 266 Å². The van der Waals surface area contributed by atoms with Crippen LogP contribution < -0.4 is 4.90 Å². The predicted molar refractivity (Wildman–Crippen MR) is 172 cm³/mol. The Morgan fingerprint density at radius 1 is 0.913 bits per heavy atom. The fourth-order valence-electron chi connectivity index (χ4n) is 7.67. The highest BCUT2D eigenvalue weighted by Gasteiger charge is 2.56. The van der Waals surface area contributed by atoms with Crippen molar-refractivity contribution < 1.29 is 29.1 Å². The van der Waals surface area contributed by atoms with E-state index in [1.165, 1.54) is 11.0 Å². The topological polar surface area (TPSA) is 109 Å². The van der Waals surface area contributed by atoms with Gasteiger partial charge in [0.25, 0.3) is 0 Å². The molecule has 1 N–H and O–H groups in total. The lowest BCUT2D eigenvalue weighted by Crippen LogP contribution is -2.39. The fraction of sp³-hybridized carbons (Fsp3) is 0.205. The minimum absolute atomic E-state index is 0.0232. The van der Waals surface area contributed by atoms with Crippen LogP contribution in [-0.4, -0.2) is 34.3 Å². The first-order valence-corrected chi connectivity index (χ1v) is 15.4. The number of phenolic OH excluding ortho intramolecular Hbond substituents is 1. The number of Topliss-reactive ketones (excluding diaryl/α,β-unsaturated/α-hetero) is 1. The number of ketones is 3. The first-order valence-electron chi connectivity index (χ1n) is 15.4. The average Bonchev–Trinajstić information content (AvgIpc) is 3.33. The van der Waals surface area contributed by atoms with E-state index in [0.29, 0.717) is 51.1 Å². The molecule has 0 radical (unpaired) electrons. The maximum absolute atomic E-state index is 14.2. The highest BCUT2D eigenvalue weighted by molar-refractivity contribution is 6.25. The van der Waals surface area contributed by atoms with Crippen molar-refractivity contribution in [1.29, 1.82) is 0 Å². The summed E-state index contributed by atoms with van der Waals surface area (Å²) in [6.45, 7) is 5.39. The number of fused-ring (bicyclic) bond motifs is 3. The molecule has 0 bridgehead atoms. The van der Waals surface area contributed by atoms with Crippen molar-refractivity contribution in [3.8, 4) is 5.75 Å². The summed E-state index contributed by atoms with van der Waals surface area (Å²) in [5, 5.41) is 11.4. The van der Waals surface area contributed by atoms with Gasteiger partial charge in [-0.1, -0.05) is 66.3 Å². The van der Waals surface area contributed by atoms with E-state index in [1.54, 1.807) is 79.7 Å². The number of rotatable bonds is 6. The molecule has 3 aromatic carbocycles. The highest BCUT2D eigenvalue weighted by Crippen LogP contribution is 2.56. The van der Waals surface area contributed by atoms with Crippen molar-refractivity contribution in [3.63, 3.8) is 0 Å². The standard InChI is InChI=1S/C39H31NO6/c1-3-8-22-11-7-12-27(37(22)44)32-26-17-18-28-33(29(26)20-30-34(32)31(41)19-21(2)35(30)42)39(46)40(38(28)45)25-15-13-24(14-16-25)36(43)23-9-5-4-6-10-23/h3-7,9-17,19,28-29,32-33,44H,1,8,18,20H2,2H3. The van der Waals surface area contributed by atoms with Gasteiger partial charge in [-0.2, -0.15) is 0 Å². The summed E-state index contributed by atoms with van der Waals surface area (Å²) in [6.07, 6.45) is 5.81. The van der Waals surface area contributed by atoms with Crippen LogP contribution in [0.1, 0.15) is 52.7 Å². The van der Waals surface area contributed by atoms with E-state index in [9.17, 15) is 29.1 Å². The predicted octanol–water partition coefficient (Wildman–Crippen LogP) is 5.99. The van der Waals surface area contributed by atoms with Crippen LogP contribution in [0.25, 0.3) is 0 Å². The Morgan fingerprint density at radius 2 is 1.63 bits per heavy atom. The quantitative estimate of drug-likeness (QED) is 0.159. The SMILES string of the molecule is C=CCc1cccc(C2C3=CCC4C(=O)N(c5ccc(C(=O)c6ccccc6)cc5)C(=O)C4C3CC3=C2C(=O)C=C(C)C3=O)c1O. The molecule has 3 aromatic rings. The molecule has 7 rings (SSSR count). The Bertz CT molecular complexity index is 1960. The number of hydrogen-bond donors (Lipinski definition) is 1. The molecule has 4 unspecified atom stereocenters. The molecular formula is C39H31NO6. The maximum Gasteiger partial charge on any atom is 0.238 e. The summed E-state index contributed by atoms with van der Waals surface area (Å²) in [4.78, 5) is 69.3. The molecule has 0 saturated carbocycles. The first kappa shape index (κ1) is 29.3. The number of imide groups is 1. The minimum atomic E-state index is -0.748. The third-order valence-electron chi connectivity index (χ3n) is 9.81. The smallest absolute Gasteiger partial charge is 0.238 e. The van der Waals surface area contributed by atoms with E-state index in [-0.39, 0.29) is 47.8 Å². The van der Waals surface area contributed by atoms with Crippen LogP contribution >= 0.6 is 0 Å². The van der Waals surface area contributed by atoms with E-state index >= 15 is 0 Å². The van der Waals surface area contributed by atoms with Crippen LogP contribution in [0.5, 0.6) is 5.75 Å². The third-order valence-corrected chi connectivity index (χ3v) is 9.81. The number of phenols is 1. The van der Waals surface area contributed by atoms with E-state index in [1.807, 2.05) is 12.1 Å². The molecule has 1 saturated heterocycles. The van der Waals surface area contributed by atoms with Crippen molar-refractivity contribution in [1.82, 2.24) is 0 Å². The molecule has 4 atom stereocenters. The number of carbonyl (C=O) groups excluding carboxylic acids is 5.